The van der Waals surface area contributed by atoms with Crippen molar-refractivity contribution >= 4 is 0 Å². The van der Waals surface area contributed by atoms with Gasteiger partial charge in [0.05, 0.1) is 0 Å². The van der Waals surface area contributed by atoms with Crippen molar-refractivity contribution in [3.8, 4) is 5.75 Å². The molecule has 0 spiro atoms. The first-order chi connectivity index (χ1) is 8.79. The van der Waals surface area contributed by atoms with Gasteiger partial charge in [0.1, 0.15) is 12.4 Å². The second-order valence-electron chi connectivity index (χ2n) is 4.23. The maximum absolute atomic E-state index is 5.96. The molecule has 18 heavy (non-hydrogen) atoms. The topological polar surface area (TPSA) is 48.1 Å². The molecule has 0 aliphatic rings. The van der Waals surface area contributed by atoms with E-state index in [1.807, 2.05) is 36.4 Å². The van der Waals surface area contributed by atoms with Crippen LogP contribution in [0.15, 0.2) is 48.8 Å². The van der Waals surface area contributed by atoms with Crippen molar-refractivity contribution in [2.45, 2.75) is 26.0 Å². The smallest absolute Gasteiger partial charge is 0.119 e. The molecular formula is C15H18N2O. The van der Waals surface area contributed by atoms with Crippen LogP contribution in [0.4, 0.5) is 0 Å². The Hall–Kier alpha value is -1.87. The van der Waals surface area contributed by atoms with Crippen LogP contribution in [0.3, 0.4) is 0 Å². The normalized spacial score (nSPS) is 12.1. The van der Waals surface area contributed by atoms with Crippen molar-refractivity contribution in [1.82, 2.24) is 4.98 Å². The highest BCUT2D eigenvalue weighted by Gasteiger charge is 2.03. The van der Waals surface area contributed by atoms with E-state index in [1.54, 1.807) is 12.4 Å². The van der Waals surface area contributed by atoms with Gasteiger partial charge in [-0.1, -0.05) is 19.1 Å². The van der Waals surface area contributed by atoms with Crippen molar-refractivity contribution in [3.05, 3.63) is 59.9 Å². The Morgan fingerprint density at radius 1 is 1.11 bits per heavy atom. The number of pyridine rings is 1. The molecule has 0 amide bonds. The summed E-state index contributed by atoms with van der Waals surface area (Å²) in [5.74, 6) is 0.860. The summed E-state index contributed by atoms with van der Waals surface area (Å²) in [6.45, 7) is 2.64. The van der Waals surface area contributed by atoms with Crippen LogP contribution in [0.2, 0.25) is 0 Å². The summed E-state index contributed by atoms with van der Waals surface area (Å²) in [5, 5.41) is 0. The second-order valence-corrected chi connectivity index (χ2v) is 4.23. The molecule has 3 nitrogen and oxygen atoms in total. The minimum absolute atomic E-state index is 0.110. The fraction of sp³-hybridized carbons (Fsp3) is 0.267. The van der Waals surface area contributed by atoms with E-state index in [0.717, 1.165) is 23.3 Å². The molecule has 0 unspecified atom stereocenters. The number of rotatable bonds is 5. The van der Waals surface area contributed by atoms with Crippen molar-refractivity contribution in [1.29, 1.82) is 0 Å². The average molecular weight is 242 g/mol. The van der Waals surface area contributed by atoms with E-state index in [9.17, 15) is 0 Å². The number of nitrogens with two attached hydrogens (primary N) is 1. The number of aromatic nitrogens is 1. The van der Waals surface area contributed by atoms with Crippen LogP contribution in [0.5, 0.6) is 5.75 Å². The second kappa shape index (κ2) is 6.17. The Kier molecular flexibility index (Phi) is 4.31. The van der Waals surface area contributed by atoms with Gasteiger partial charge in [-0.25, -0.2) is 0 Å². The highest BCUT2D eigenvalue weighted by atomic mass is 16.5. The SMILES string of the molecule is CC[C@H](N)c1ccc(OCc2ccncc2)cc1. The van der Waals surface area contributed by atoms with Crippen molar-refractivity contribution in [3.63, 3.8) is 0 Å². The Balaban J connectivity index is 1.94. The lowest BCUT2D eigenvalue weighted by Gasteiger charge is -2.10. The first-order valence-electron chi connectivity index (χ1n) is 6.17. The lowest BCUT2D eigenvalue weighted by molar-refractivity contribution is 0.306. The summed E-state index contributed by atoms with van der Waals surface area (Å²) >= 11 is 0. The highest BCUT2D eigenvalue weighted by Crippen LogP contribution is 2.18. The minimum Gasteiger partial charge on any atom is -0.489 e. The Morgan fingerprint density at radius 3 is 2.39 bits per heavy atom. The molecule has 0 aliphatic carbocycles. The van der Waals surface area contributed by atoms with Crippen molar-refractivity contribution in [2.75, 3.05) is 0 Å². The molecule has 2 aromatic rings. The van der Waals surface area contributed by atoms with Gasteiger partial charge in [0.2, 0.25) is 0 Å². The number of ether oxygens (including phenoxy) is 1. The van der Waals surface area contributed by atoms with Crippen LogP contribution in [0.1, 0.15) is 30.5 Å². The zero-order valence-corrected chi connectivity index (χ0v) is 10.5. The molecule has 1 aromatic carbocycles. The van der Waals surface area contributed by atoms with Gasteiger partial charge in [0.15, 0.2) is 0 Å². The predicted molar refractivity (Wildman–Crippen MR) is 72.2 cm³/mol. The Bertz CT molecular complexity index is 468. The number of benzene rings is 1. The molecule has 0 saturated heterocycles. The van der Waals surface area contributed by atoms with E-state index in [2.05, 4.69) is 11.9 Å². The van der Waals surface area contributed by atoms with E-state index in [0.29, 0.717) is 6.61 Å². The van der Waals surface area contributed by atoms with Gasteiger partial charge < -0.3 is 10.5 Å². The highest BCUT2D eigenvalue weighted by molar-refractivity contribution is 5.29. The molecule has 2 N–H and O–H groups in total. The Labute approximate surface area is 108 Å². The zero-order chi connectivity index (χ0) is 12.8. The molecule has 3 heteroatoms. The fourth-order valence-corrected chi connectivity index (χ4v) is 1.69. The molecule has 1 atom stereocenters. The summed E-state index contributed by atoms with van der Waals surface area (Å²) < 4.78 is 5.69. The van der Waals surface area contributed by atoms with E-state index >= 15 is 0 Å². The van der Waals surface area contributed by atoms with Gasteiger partial charge in [0, 0.05) is 18.4 Å². The zero-order valence-electron chi connectivity index (χ0n) is 10.5. The number of hydrogen-bond donors (Lipinski definition) is 1. The molecule has 1 aromatic heterocycles. The van der Waals surface area contributed by atoms with E-state index in [4.69, 9.17) is 10.5 Å². The van der Waals surface area contributed by atoms with Crippen LogP contribution >= 0.6 is 0 Å². The average Bonchev–Trinajstić information content (AvgIpc) is 2.46. The molecule has 0 saturated carbocycles. The summed E-state index contributed by atoms with van der Waals surface area (Å²) in [7, 11) is 0. The molecule has 1 heterocycles. The van der Waals surface area contributed by atoms with Crippen LogP contribution in [0.25, 0.3) is 0 Å². The van der Waals surface area contributed by atoms with Crippen molar-refractivity contribution in [2.24, 2.45) is 5.73 Å². The molecule has 2 rings (SSSR count). The standard InChI is InChI=1S/C15H18N2O/c1-2-15(16)13-3-5-14(6-4-13)18-11-12-7-9-17-10-8-12/h3-10,15H,2,11,16H2,1H3/t15-/m0/s1. The van der Waals surface area contributed by atoms with Crippen LogP contribution < -0.4 is 10.5 Å². The molecular weight excluding hydrogens is 224 g/mol. The summed E-state index contributed by atoms with van der Waals surface area (Å²) in [4.78, 5) is 3.97. The van der Waals surface area contributed by atoms with E-state index in [1.165, 1.54) is 0 Å². The number of hydrogen-bond acceptors (Lipinski definition) is 3. The van der Waals surface area contributed by atoms with E-state index in [-0.39, 0.29) is 6.04 Å². The van der Waals surface area contributed by atoms with Gasteiger partial charge in [-0.15, -0.1) is 0 Å². The first-order valence-corrected chi connectivity index (χ1v) is 6.17. The molecule has 0 aliphatic heterocycles. The monoisotopic (exact) mass is 242 g/mol. The minimum atomic E-state index is 0.110. The molecule has 0 bridgehead atoms. The third-order valence-electron chi connectivity index (χ3n) is 2.90. The van der Waals surface area contributed by atoms with E-state index < -0.39 is 0 Å². The van der Waals surface area contributed by atoms with Crippen LogP contribution in [-0.4, -0.2) is 4.98 Å². The van der Waals surface area contributed by atoms with Gasteiger partial charge >= 0.3 is 0 Å². The predicted octanol–water partition coefficient (Wildman–Crippen LogP) is 3.07. The summed E-state index contributed by atoms with van der Waals surface area (Å²) in [5.41, 5.74) is 8.22. The van der Waals surface area contributed by atoms with Crippen LogP contribution in [0, 0.1) is 0 Å². The third-order valence-corrected chi connectivity index (χ3v) is 2.90. The molecule has 0 fully saturated rings. The fourth-order valence-electron chi connectivity index (χ4n) is 1.69. The largest absolute Gasteiger partial charge is 0.489 e. The number of nitrogens with zero attached hydrogens (tertiary/aromatic N) is 1. The van der Waals surface area contributed by atoms with Crippen LogP contribution in [-0.2, 0) is 6.61 Å². The maximum atomic E-state index is 5.96. The van der Waals surface area contributed by atoms with Gasteiger partial charge in [0.25, 0.3) is 0 Å². The molecule has 94 valence electrons. The van der Waals surface area contributed by atoms with Crippen molar-refractivity contribution < 1.29 is 4.74 Å². The lowest BCUT2D eigenvalue weighted by Crippen LogP contribution is -2.08. The van der Waals surface area contributed by atoms with Gasteiger partial charge in [-0.3, -0.25) is 4.98 Å². The first kappa shape index (κ1) is 12.6. The van der Waals surface area contributed by atoms with Gasteiger partial charge in [-0.05, 0) is 41.8 Å². The summed E-state index contributed by atoms with van der Waals surface area (Å²) in [6, 6.07) is 12.0. The third kappa shape index (κ3) is 3.31. The van der Waals surface area contributed by atoms with Gasteiger partial charge in [-0.2, -0.15) is 0 Å². The quantitative estimate of drug-likeness (QED) is 0.876. The Morgan fingerprint density at radius 2 is 1.78 bits per heavy atom. The lowest BCUT2D eigenvalue weighted by atomic mass is 10.1. The molecule has 0 radical (unpaired) electrons. The summed E-state index contributed by atoms with van der Waals surface area (Å²) in [6.07, 6.45) is 4.47. The maximum Gasteiger partial charge on any atom is 0.119 e.